The van der Waals surface area contributed by atoms with Crippen LogP contribution in [0.3, 0.4) is 0 Å². The molecule has 0 aliphatic rings. The van der Waals surface area contributed by atoms with E-state index in [1.54, 1.807) is 0 Å². The van der Waals surface area contributed by atoms with Gasteiger partial charge in [0.2, 0.25) is 0 Å². The lowest BCUT2D eigenvalue weighted by molar-refractivity contribution is -0.138. The van der Waals surface area contributed by atoms with E-state index in [0.29, 0.717) is 6.42 Å². The lowest BCUT2D eigenvalue weighted by Gasteiger charge is -2.04. The number of hydrogen-bond donors (Lipinski definition) is 2. The molecule has 3 N–H and O–H groups in total. The number of benzene rings is 1. The van der Waals surface area contributed by atoms with Crippen LogP contribution in [-0.4, -0.2) is 17.1 Å². The van der Waals surface area contributed by atoms with Crippen molar-refractivity contribution in [2.75, 3.05) is 0 Å². The van der Waals surface area contributed by atoms with E-state index in [2.05, 4.69) is 0 Å². The molecule has 1 rings (SSSR count). The van der Waals surface area contributed by atoms with E-state index < -0.39 is 12.0 Å². The van der Waals surface area contributed by atoms with E-state index >= 15 is 0 Å². The van der Waals surface area contributed by atoms with Gasteiger partial charge in [-0.3, -0.25) is 4.79 Å². The molecule has 0 aromatic heterocycles. The molecular formula is C9H11NO2. The Labute approximate surface area is 70.8 Å². The van der Waals surface area contributed by atoms with Crippen molar-refractivity contribution in [3.8, 4) is 0 Å². The van der Waals surface area contributed by atoms with Crippen molar-refractivity contribution >= 4 is 5.97 Å². The van der Waals surface area contributed by atoms with Gasteiger partial charge in [0, 0.05) is 0 Å². The van der Waals surface area contributed by atoms with E-state index in [9.17, 15) is 4.79 Å². The number of nitrogens with two attached hydrogens (primary N) is 1. The molecule has 0 aliphatic carbocycles. The van der Waals surface area contributed by atoms with E-state index in [1.165, 1.54) is 0 Å². The van der Waals surface area contributed by atoms with Gasteiger partial charge in [0.15, 0.2) is 0 Å². The predicted molar refractivity (Wildman–Crippen MR) is 45.8 cm³/mol. The van der Waals surface area contributed by atoms with Crippen LogP contribution in [0.2, 0.25) is 0 Å². The molecule has 1 aromatic carbocycles. The molecule has 1 aromatic rings. The average molecular weight is 166 g/mol. The smallest absolute Gasteiger partial charge is 0.320 e. The standard InChI is InChI=1S/C9H11NO2/c10-8(9(11)12)6-7-4-2-1-3-5-7/h1-5,8H,6,10H2,(H,11,12)/t8-/m0/s1/i8+1. The van der Waals surface area contributed by atoms with Gasteiger partial charge < -0.3 is 10.8 Å². The molecule has 0 spiro atoms. The van der Waals surface area contributed by atoms with Gasteiger partial charge in [-0.15, -0.1) is 0 Å². The van der Waals surface area contributed by atoms with Crippen LogP contribution in [-0.2, 0) is 11.2 Å². The summed E-state index contributed by atoms with van der Waals surface area (Å²) in [6.07, 6.45) is 0.385. The minimum atomic E-state index is -0.959. The normalized spacial score (nSPS) is 12.4. The lowest BCUT2D eigenvalue weighted by Crippen LogP contribution is -2.32. The average Bonchev–Trinajstić information content (AvgIpc) is 2.06. The van der Waals surface area contributed by atoms with Crippen LogP contribution in [0.25, 0.3) is 0 Å². The van der Waals surface area contributed by atoms with E-state index in [0.717, 1.165) is 5.56 Å². The zero-order chi connectivity index (χ0) is 8.97. The Kier molecular flexibility index (Phi) is 2.82. The molecule has 3 heteroatoms. The molecule has 12 heavy (non-hydrogen) atoms. The third-order valence-electron chi connectivity index (χ3n) is 1.62. The zero-order valence-corrected chi connectivity index (χ0v) is 6.60. The van der Waals surface area contributed by atoms with Crippen molar-refractivity contribution in [3.63, 3.8) is 0 Å². The zero-order valence-electron chi connectivity index (χ0n) is 6.60. The molecule has 0 aliphatic heterocycles. The Hall–Kier alpha value is -1.35. The summed E-state index contributed by atoms with van der Waals surface area (Å²) in [4.78, 5) is 10.4. The second kappa shape index (κ2) is 3.88. The molecule has 0 saturated heterocycles. The molecule has 0 radical (unpaired) electrons. The number of aliphatic carboxylic acids is 1. The quantitative estimate of drug-likeness (QED) is 0.648. The highest BCUT2D eigenvalue weighted by molar-refractivity contribution is 5.73. The van der Waals surface area contributed by atoms with Crippen LogP contribution >= 0.6 is 0 Å². The SMILES string of the molecule is N[13C@@H](Cc1ccccc1)C(=O)O. The Balaban J connectivity index is 2.58. The van der Waals surface area contributed by atoms with E-state index in [-0.39, 0.29) is 0 Å². The van der Waals surface area contributed by atoms with Crippen LogP contribution in [0.5, 0.6) is 0 Å². The summed E-state index contributed by atoms with van der Waals surface area (Å²) < 4.78 is 0. The number of carboxylic acid groups (broad SMARTS) is 1. The maximum Gasteiger partial charge on any atom is 0.320 e. The Morgan fingerprint density at radius 2 is 2.00 bits per heavy atom. The van der Waals surface area contributed by atoms with Crippen molar-refractivity contribution in [2.45, 2.75) is 12.5 Å². The second-order valence-corrected chi connectivity index (χ2v) is 2.63. The van der Waals surface area contributed by atoms with Gasteiger partial charge in [0.05, 0.1) is 0 Å². The fourth-order valence-corrected chi connectivity index (χ4v) is 0.955. The van der Waals surface area contributed by atoms with Crippen LogP contribution in [0.1, 0.15) is 5.56 Å². The number of carboxylic acids is 1. The Bertz CT molecular complexity index is 258. The number of hydrogen-bond acceptors (Lipinski definition) is 2. The first kappa shape index (κ1) is 8.74. The van der Waals surface area contributed by atoms with Crippen molar-refractivity contribution < 1.29 is 9.90 Å². The molecule has 0 amide bonds. The Morgan fingerprint density at radius 3 is 2.50 bits per heavy atom. The predicted octanol–water partition coefficient (Wildman–Crippen LogP) is 0.641. The summed E-state index contributed by atoms with van der Waals surface area (Å²) in [5.74, 6) is -0.959. The van der Waals surface area contributed by atoms with Crippen molar-refractivity contribution in [3.05, 3.63) is 35.9 Å². The second-order valence-electron chi connectivity index (χ2n) is 2.63. The number of rotatable bonds is 3. The first-order valence-electron chi connectivity index (χ1n) is 3.72. The van der Waals surface area contributed by atoms with Crippen LogP contribution in [0, 0.1) is 0 Å². The molecule has 0 fully saturated rings. The summed E-state index contributed by atoms with van der Waals surface area (Å²) in [6.45, 7) is 0. The number of carbonyl (C=O) groups is 1. The molecule has 0 bridgehead atoms. The highest BCUT2D eigenvalue weighted by atomic mass is 16.4. The monoisotopic (exact) mass is 166 g/mol. The van der Waals surface area contributed by atoms with Crippen LogP contribution < -0.4 is 5.73 Å². The molecule has 0 heterocycles. The van der Waals surface area contributed by atoms with Gasteiger partial charge in [-0.25, -0.2) is 0 Å². The highest BCUT2D eigenvalue weighted by Gasteiger charge is 2.10. The molecule has 1 atom stereocenters. The van der Waals surface area contributed by atoms with E-state index in [4.69, 9.17) is 10.8 Å². The summed E-state index contributed by atoms with van der Waals surface area (Å²) in [7, 11) is 0. The third kappa shape index (κ3) is 2.36. The van der Waals surface area contributed by atoms with Gasteiger partial charge in [-0.05, 0) is 12.0 Å². The minimum Gasteiger partial charge on any atom is -0.480 e. The van der Waals surface area contributed by atoms with Gasteiger partial charge in [0.25, 0.3) is 0 Å². The van der Waals surface area contributed by atoms with Crippen molar-refractivity contribution in [2.24, 2.45) is 5.73 Å². The molecular weight excluding hydrogens is 155 g/mol. The fourth-order valence-electron chi connectivity index (χ4n) is 0.955. The molecule has 0 saturated carbocycles. The van der Waals surface area contributed by atoms with Gasteiger partial charge in [0.1, 0.15) is 6.04 Å². The maximum atomic E-state index is 10.4. The van der Waals surface area contributed by atoms with E-state index in [1.807, 2.05) is 30.3 Å². The first-order valence-corrected chi connectivity index (χ1v) is 3.72. The largest absolute Gasteiger partial charge is 0.480 e. The summed E-state index contributed by atoms with van der Waals surface area (Å²) in [5.41, 5.74) is 6.30. The van der Waals surface area contributed by atoms with Crippen LogP contribution in [0.15, 0.2) is 30.3 Å². The minimum absolute atomic E-state index is 0.385. The third-order valence-corrected chi connectivity index (χ3v) is 1.62. The fraction of sp³-hybridized carbons (Fsp3) is 0.222. The van der Waals surface area contributed by atoms with Gasteiger partial charge in [-0.2, -0.15) is 0 Å². The molecule has 0 unspecified atom stereocenters. The summed E-state index contributed by atoms with van der Waals surface area (Å²) in [6, 6.07) is 8.54. The van der Waals surface area contributed by atoms with Gasteiger partial charge in [-0.1, -0.05) is 30.3 Å². The van der Waals surface area contributed by atoms with Gasteiger partial charge >= 0.3 is 5.97 Å². The summed E-state index contributed by atoms with van der Waals surface area (Å²) in [5, 5.41) is 8.52. The highest BCUT2D eigenvalue weighted by Crippen LogP contribution is 2.01. The van der Waals surface area contributed by atoms with Crippen molar-refractivity contribution in [1.29, 1.82) is 0 Å². The Morgan fingerprint density at radius 1 is 1.42 bits per heavy atom. The first-order chi connectivity index (χ1) is 5.70. The van der Waals surface area contributed by atoms with Crippen LogP contribution in [0.4, 0.5) is 0 Å². The summed E-state index contributed by atoms with van der Waals surface area (Å²) >= 11 is 0. The van der Waals surface area contributed by atoms with Crippen molar-refractivity contribution in [1.82, 2.24) is 0 Å². The molecule has 64 valence electrons. The topological polar surface area (TPSA) is 63.3 Å². The molecule has 3 nitrogen and oxygen atoms in total. The lowest BCUT2D eigenvalue weighted by atomic mass is 10.2. The maximum absolute atomic E-state index is 10.4.